The van der Waals surface area contributed by atoms with Gasteiger partial charge < -0.3 is 10.2 Å². The molecule has 8 heteroatoms. The summed E-state index contributed by atoms with van der Waals surface area (Å²) >= 11 is 3.05. The van der Waals surface area contributed by atoms with Crippen LogP contribution in [0.4, 0.5) is 0 Å². The quantitative estimate of drug-likeness (QED) is 0.734. The normalized spacial score (nSPS) is 14.1. The molecule has 6 nitrogen and oxygen atoms in total. The number of sulfonamides is 1. The summed E-state index contributed by atoms with van der Waals surface area (Å²) in [5.41, 5.74) is -1.22. The van der Waals surface area contributed by atoms with Gasteiger partial charge in [-0.1, -0.05) is 0 Å². The summed E-state index contributed by atoms with van der Waals surface area (Å²) in [6, 6.07) is 3.71. The van der Waals surface area contributed by atoms with Crippen LogP contribution in [0.15, 0.2) is 27.6 Å². The molecule has 0 radical (unpaired) electrons. The van der Waals surface area contributed by atoms with E-state index in [1.165, 1.54) is 32.9 Å². The fourth-order valence-electron chi connectivity index (χ4n) is 1.33. The predicted octanol–water partition coefficient (Wildman–Crippen LogP) is 1.58. The Balaban J connectivity index is 3.24. The molecular weight excluding hydrogens is 350 g/mol. The molecule has 0 aliphatic rings. The minimum Gasteiger partial charge on any atom is -0.478 e. The van der Waals surface area contributed by atoms with Crippen LogP contribution in [0.25, 0.3) is 0 Å². The smallest absolute Gasteiger partial charge is 0.336 e. The first kappa shape index (κ1) is 17.1. The lowest BCUT2D eigenvalue weighted by atomic mass is 10.0. The second-order valence-electron chi connectivity index (χ2n) is 4.95. The Morgan fingerprint density at radius 1 is 1.40 bits per heavy atom. The van der Waals surface area contributed by atoms with Crippen molar-refractivity contribution < 1.29 is 23.4 Å². The largest absolute Gasteiger partial charge is 0.478 e. The van der Waals surface area contributed by atoms with E-state index in [4.69, 9.17) is 5.11 Å². The second-order valence-corrected chi connectivity index (χ2v) is 7.49. The molecule has 0 spiro atoms. The van der Waals surface area contributed by atoms with Crippen LogP contribution in [-0.2, 0) is 10.0 Å². The van der Waals surface area contributed by atoms with Gasteiger partial charge in [0, 0.05) is 4.47 Å². The van der Waals surface area contributed by atoms with Crippen molar-refractivity contribution in [2.24, 2.45) is 0 Å². The molecule has 1 atom stereocenters. The Kier molecular flexibility index (Phi) is 4.96. The Morgan fingerprint density at radius 3 is 2.40 bits per heavy atom. The molecule has 0 amide bonds. The molecule has 0 aromatic heterocycles. The number of carboxylic acid groups (broad SMARTS) is 1. The van der Waals surface area contributed by atoms with Crippen LogP contribution >= 0.6 is 15.9 Å². The van der Waals surface area contributed by atoms with Gasteiger partial charge >= 0.3 is 5.97 Å². The van der Waals surface area contributed by atoms with Crippen molar-refractivity contribution >= 4 is 31.9 Å². The molecule has 0 saturated carbocycles. The van der Waals surface area contributed by atoms with E-state index in [1.807, 2.05) is 0 Å². The van der Waals surface area contributed by atoms with Crippen LogP contribution in [0.5, 0.6) is 0 Å². The fraction of sp³-hybridized carbons (Fsp3) is 0.417. The van der Waals surface area contributed by atoms with Gasteiger partial charge in [-0.15, -0.1) is 0 Å². The Hall–Kier alpha value is -0.960. The predicted molar refractivity (Wildman–Crippen MR) is 77.2 cm³/mol. The van der Waals surface area contributed by atoms with E-state index in [2.05, 4.69) is 20.7 Å². The lowest BCUT2D eigenvalue weighted by Crippen LogP contribution is -2.50. The molecule has 20 heavy (non-hydrogen) atoms. The summed E-state index contributed by atoms with van der Waals surface area (Å²) in [4.78, 5) is 10.8. The minimum absolute atomic E-state index is 0.150. The standard InChI is InChI=1S/C12H16BrNO5S/c1-7(15)12(2,3)14-20(18,19)8-4-5-10(13)9(6-8)11(16)17/h4-7,14-15H,1-3H3,(H,16,17). The number of aliphatic hydroxyl groups excluding tert-OH is 1. The number of benzene rings is 1. The van der Waals surface area contributed by atoms with Crippen LogP contribution < -0.4 is 4.72 Å². The van der Waals surface area contributed by atoms with Crippen molar-refractivity contribution in [3.63, 3.8) is 0 Å². The van der Waals surface area contributed by atoms with E-state index < -0.39 is 27.6 Å². The topological polar surface area (TPSA) is 104 Å². The number of nitrogens with one attached hydrogen (secondary N) is 1. The van der Waals surface area contributed by atoms with E-state index in [0.717, 1.165) is 6.07 Å². The highest BCUT2D eigenvalue weighted by Gasteiger charge is 2.31. The van der Waals surface area contributed by atoms with Gasteiger partial charge in [0.15, 0.2) is 0 Å². The van der Waals surface area contributed by atoms with Gasteiger partial charge in [-0.3, -0.25) is 0 Å². The van der Waals surface area contributed by atoms with Crippen molar-refractivity contribution in [3.8, 4) is 0 Å². The second kappa shape index (κ2) is 5.80. The molecule has 0 bridgehead atoms. The summed E-state index contributed by atoms with van der Waals surface area (Å²) in [6.45, 7) is 4.53. The monoisotopic (exact) mass is 365 g/mol. The van der Waals surface area contributed by atoms with Gasteiger partial charge in [0.25, 0.3) is 0 Å². The third-order valence-electron chi connectivity index (χ3n) is 2.92. The SMILES string of the molecule is CC(O)C(C)(C)NS(=O)(=O)c1ccc(Br)c(C(=O)O)c1. The maximum absolute atomic E-state index is 12.2. The van der Waals surface area contributed by atoms with Crippen molar-refractivity contribution in [1.82, 2.24) is 4.72 Å². The molecule has 1 aromatic rings. The molecular formula is C12H16BrNO5S. The summed E-state index contributed by atoms with van der Waals surface area (Å²) in [5, 5.41) is 18.5. The molecule has 0 aliphatic heterocycles. The highest BCUT2D eigenvalue weighted by Crippen LogP contribution is 2.22. The molecule has 1 rings (SSSR count). The number of rotatable bonds is 5. The zero-order chi connectivity index (χ0) is 15.7. The lowest BCUT2D eigenvalue weighted by Gasteiger charge is -2.28. The third-order valence-corrected chi connectivity index (χ3v) is 5.28. The zero-order valence-electron chi connectivity index (χ0n) is 11.2. The highest BCUT2D eigenvalue weighted by atomic mass is 79.9. The number of carboxylic acids is 1. The van der Waals surface area contributed by atoms with Crippen LogP contribution in [0.1, 0.15) is 31.1 Å². The van der Waals surface area contributed by atoms with E-state index in [0.29, 0.717) is 4.47 Å². The van der Waals surface area contributed by atoms with Crippen LogP contribution in [0, 0.1) is 0 Å². The van der Waals surface area contributed by atoms with Crippen LogP contribution in [0.3, 0.4) is 0 Å². The molecule has 0 heterocycles. The zero-order valence-corrected chi connectivity index (χ0v) is 13.6. The molecule has 112 valence electrons. The van der Waals surface area contributed by atoms with E-state index in [1.54, 1.807) is 0 Å². The maximum atomic E-state index is 12.2. The summed E-state index contributed by atoms with van der Waals surface area (Å²) in [5.74, 6) is -1.23. The van der Waals surface area contributed by atoms with Gasteiger partial charge in [-0.2, -0.15) is 0 Å². The van der Waals surface area contributed by atoms with Gasteiger partial charge in [0.1, 0.15) is 0 Å². The van der Waals surface area contributed by atoms with Gasteiger partial charge in [-0.25, -0.2) is 17.9 Å². The maximum Gasteiger partial charge on any atom is 0.336 e. The van der Waals surface area contributed by atoms with E-state index in [-0.39, 0.29) is 10.5 Å². The molecule has 0 aliphatic carbocycles. The summed E-state index contributed by atoms with van der Waals surface area (Å²) in [7, 11) is -3.93. The third kappa shape index (κ3) is 3.78. The Labute approximate surface area is 126 Å². The van der Waals surface area contributed by atoms with Crippen LogP contribution in [0.2, 0.25) is 0 Å². The average molecular weight is 366 g/mol. The minimum atomic E-state index is -3.93. The molecule has 3 N–H and O–H groups in total. The van der Waals surface area contributed by atoms with Gasteiger partial charge in [-0.05, 0) is 54.9 Å². The fourth-order valence-corrected chi connectivity index (χ4v) is 3.24. The van der Waals surface area contributed by atoms with Gasteiger partial charge in [0.2, 0.25) is 10.0 Å². The highest BCUT2D eigenvalue weighted by molar-refractivity contribution is 9.10. The van der Waals surface area contributed by atoms with E-state index in [9.17, 15) is 18.3 Å². The van der Waals surface area contributed by atoms with Crippen molar-refractivity contribution in [2.75, 3.05) is 0 Å². The van der Waals surface area contributed by atoms with E-state index >= 15 is 0 Å². The van der Waals surface area contributed by atoms with Crippen molar-refractivity contribution in [1.29, 1.82) is 0 Å². The summed E-state index contributed by atoms with van der Waals surface area (Å²) < 4.78 is 27.1. The molecule has 0 fully saturated rings. The Morgan fingerprint density at radius 2 is 1.95 bits per heavy atom. The Bertz CT molecular complexity index is 625. The first-order chi connectivity index (χ1) is 8.97. The van der Waals surface area contributed by atoms with Crippen LogP contribution in [-0.4, -0.2) is 36.2 Å². The van der Waals surface area contributed by atoms with Gasteiger partial charge in [0.05, 0.1) is 22.1 Å². The number of hydrogen-bond donors (Lipinski definition) is 3. The van der Waals surface area contributed by atoms with Crippen molar-refractivity contribution in [3.05, 3.63) is 28.2 Å². The molecule has 0 saturated heterocycles. The lowest BCUT2D eigenvalue weighted by molar-refractivity contribution is 0.0695. The first-order valence-corrected chi connectivity index (χ1v) is 8.00. The first-order valence-electron chi connectivity index (χ1n) is 5.72. The number of carbonyl (C=O) groups is 1. The van der Waals surface area contributed by atoms with Crippen molar-refractivity contribution in [2.45, 2.75) is 37.3 Å². The molecule has 1 aromatic carbocycles. The number of aromatic carboxylic acids is 1. The summed E-state index contributed by atoms with van der Waals surface area (Å²) in [6.07, 6.45) is -0.910. The number of aliphatic hydroxyl groups is 1. The molecule has 1 unspecified atom stereocenters. The number of halogens is 1. The number of hydrogen-bond acceptors (Lipinski definition) is 4. The average Bonchev–Trinajstić information content (AvgIpc) is 2.27.